The topological polar surface area (TPSA) is 101 Å². The molecule has 3 aromatic rings. The van der Waals surface area contributed by atoms with Crippen molar-refractivity contribution in [3.8, 4) is 11.5 Å². The molecule has 1 heterocycles. The van der Waals surface area contributed by atoms with Gasteiger partial charge < -0.3 is 14.3 Å². The number of fused-ring (bicyclic) bond motifs is 1. The highest BCUT2D eigenvalue weighted by Crippen LogP contribution is 2.22. The summed E-state index contributed by atoms with van der Waals surface area (Å²) in [5.41, 5.74) is 3.51. The molecular formula is C19H15BrN2O5. The Balaban J connectivity index is 1.60. The Bertz CT molecular complexity index is 1090. The number of carbonyl (C=O) groups is 1. The fraction of sp³-hybridized carbons (Fsp3) is 0.105. The lowest BCUT2D eigenvalue weighted by molar-refractivity contribution is -0.123. The highest BCUT2D eigenvalue weighted by atomic mass is 79.9. The van der Waals surface area contributed by atoms with E-state index in [2.05, 4.69) is 26.5 Å². The highest BCUT2D eigenvalue weighted by molar-refractivity contribution is 9.10. The zero-order valence-electron chi connectivity index (χ0n) is 14.2. The van der Waals surface area contributed by atoms with Gasteiger partial charge in [-0.25, -0.2) is 10.2 Å². The van der Waals surface area contributed by atoms with E-state index >= 15 is 0 Å². The first kappa shape index (κ1) is 18.7. The number of carbonyl (C=O) groups excluding carboxylic acids is 1. The molecule has 0 fully saturated rings. The minimum absolute atomic E-state index is 0.0420. The number of nitrogens with one attached hydrogen (secondary N) is 1. The molecule has 8 heteroatoms. The van der Waals surface area contributed by atoms with E-state index in [0.717, 1.165) is 15.4 Å². The standard InChI is InChI=1S/C19H15BrN2O5/c1-11-6-19(25)27-17-8-14(3-4-15(11)17)26-10-18(24)22-21-9-12-7-13(20)2-5-16(12)23/h2-9,23H,10H2,1H3,(H,22,24)/b21-9+. The lowest BCUT2D eigenvalue weighted by Gasteiger charge is -2.07. The minimum atomic E-state index is -0.480. The number of nitrogens with zero attached hydrogens (tertiary/aromatic N) is 1. The van der Waals surface area contributed by atoms with Crippen molar-refractivity contribution in [3.05, 3.63) is 68.5 Å². The van der Waals surface area contributed by atoms with E-state index in [1.54, 1.807) is 30.3 Å². The van der Waals surface area contributed by atoms with E-state index in [0.29, 0.717) is 16.9 Å². The third-order valence-electron chi connectivity index (χ3n) is 3.68. The normalized spacial score (nSPS) is 11.0. The van der Waals surface area contributed by atoms with E-state index in [-0.39, 0.29) is 12.4 Å². The first-order valence-electron chi connectivity index (χ1n) is 7.90. The fourth-order valence-electron chi connectivity index (χ4n) is 2.38. The molecule has 0 radical (unpaired) electrons. The second kappa shape index (κ2) is 8.05. The number of ether oxygens (including phenoxy) is 1. The van der Waals surface area contributed by atoms with Crippen molar-refractivity contribution in [2.75, 3.05) is 6.61 Å². The average Bonchev–Trinajstić information content (AvgIpc) is 2.62. The van der Waals surface area contributed by atoms with Crippen molar-refractivity contribution in [1.29, 1.82) is 0 Å². The van der Waals surface area contributed by atoms with Crippen LogP contribution in [-0.4, -0.2) is 23.8 Å². The average molecular weight is 431 g/mol. The lowest BCUT2D eigenvalue weighted by atomic mass is 10.1. The molecular weight excluding hydrogens is 416 g/mol. The Labute approximate surface area is 162 Å². The van der Waals surface area contributed by atoms with E-state index in [9.17, 15) is 14.7 Å². The van der Waals surface area contributed by atoms with Crippen LogP contribution in [0.1, 0.15) is 11.1 Å². The molecule has 0 unspecified atom stereocenters. The van der Waals surface area contributed by atoms with Crippen molar-refractivity contribution < 1.29 is 19.1 Å². The first-order valence-corrected chi connectivity index (χ1v) is 8.69. The van der Waals surface area contributed by atoms with Gasteiger partial charge in [0.2, 0.25) is 0 Å². The third kappa shape index (κ3) is 4.73. The summed E-state index contributed by atoms with van der Waals surface area (Å²) < 4.78 is 11.3. The van der Waals surface area contributed by atoms with Gasteiger partial charge in [0.05, 0.1) is 6.21 Å². The van der Waals surface area contributed by atoms with E-state index < -0.39 is 11.5 Å². The number of amides is 1. The number of phenolic OH excluding ortho intramolecular Hbond substituents is 1. The zero-order chi connectivity index (χ0) is 19.4. The molecule has 0 spiro atoms. The maximum Gasteiger partial charge on any atom is 0.336 e. The van der Waals surface area contributed by atoms with Gasteiger partial charge in [-0.15, -0.1) is 0 Å². The van der Waals surface area contributed by atoms with E-state index in [1.807, 2.05) is 6.92 Å². The van der Waals surface area contributed by atoms with Gasteiger partial charge in [0.15, 0.2) is 6.61 Å². The molecule has 0 saturated carbocycles. The summed E-state index contributed by atoms with van der Waals surface area (Å²) in [7, 11) is 0. The molecule has 3 rings (SSSR count). The van der Waals surface area contributed by atoms with Crippen LogP contribution < -0.4 is 15.8 Å². The van der Waals surface area contributed by atoms with Crippen molar-refractivity contribution in [2.24, 2.45) is 5.10 Å². The molecule has 2 aromatic carbocycles. The van der Waals surface area contributed by atoms with Gasteiger partial charge in [-0.2, -0.15) is 5.10 Å². The Kier molecular flexibility index (Phi) is 5.56. The number of phenols is 1. The van der Waals surface area contributed by atoms with Gasteiger partial charge >= 0.3 is 5.63 Å². The first-order chi connectivity index (χ1) is 12.9. The quantitative estimate of drug-likeness (QED) is 0.367. The van der Waals surface area contributed by atoms with Crippen LogP contribution in [0, 0.1) is 6.92 Å². The van der Waals surface area contributed by atoms with Crippen LogP contribution in [0.2, 0.25) is 0 Å². The van der Waals surface area contributed by atoms with Crippen LogP contribution in [-0.2, 0) is 4.79 Å². The van der Waals surface area contributed by atoms with Gasteiger partial charge in [-0.1, -0.05) is 15.9 Å². The van der Waals surface area contributed by atoms with Crippen molar-refractivity contribution in [2.45, 2.75) is 6.92 Å². The number of benzene rings is 2. The smallest absolute Gasteiger partial charge is 0.336 e. The molecule has 0 atom stereocenters. The molecule has 1 amide bonds. The summed E-state index contributed by atoms with van der Waals surface area (Å²) in [6, 6.07) is 11.3. The zero-order valence-corrected chi connectivity index (χ0v) is 15.8. The summed E-state index contributed by atoms with van der Waals surface area (Å²) in [6.45, 7) is 1.54. The van der Waals surface area contributed by atoms with Gasteiger partial charge in [-0.3, -0.25) is 4.79 Å². The Morgan fingerprint density at radius 3 is 2.93 bits per heavy atom. The molecule has 2 N–H and O–H groups in total. The van der Waals surface area contributed by atoms with Gasteiger partial charge in [0, 0.05) is 27.6 Å². The van der Waals surface area contributed by atoms with Crippen LogP contribution >= 0.6 is 15.9 Å². The summed E-state index contributed by atoms with van der Waals surface area (Å²) in [4.78, 5) is 23.3. The second-order valence-electron chi connectivity index (χ2n) is 5.69. The third-order valence-corrected chi connectivity index (χ3v) is 4.17. The van der Waals surface area contributed by atoms with Gasteiger partial charge in [0.25, 0.3) is 5.91 Å². The summed E-state index contributed by atoms with van der Waals surface area (Å²) in [5.74, 6) is -0.0491. The second-order valence-corrected chi connectivity index (χ2v) is 6.61. The predicted octanol–water partition coefficient (Wildman–Crippen LogP) is 3.10. The molecule has 0 aliphatic carbocycles. The van der Waals surface area contributed by atoms with Crippen LogP contribution in [0.25, 0.3) is 11.0 Å². The molecule has 7 nitrogen and oxygen atoms in total. The van der Waals surface area contributed by atoms with Gasteiger partial charge in [0.1, 0.15) is 17.1 Å². The van der Waals surface area contributed by atoms with Crippen molar-refractivity contribution in [1.82, 2.24) is 5.43 Å². The number of rotatable bonds is 5. The van der Waals surface area contributed by atoms with Gasteiger partial charge in [-0.05, 0) is 42.8 Å². The molecule has 0 aliphatic rings. The van der Waals surface area contributed by atoms with Crippen molar-refractivity contribution in [3.63, 3.8) is 0 Å². The monoisotopic (exact) mass is 430 g/mol. The minimum Gasteiger partial charge on any atom is -0.507 e. The molecule has 27 heavy (non-hydrogen) atoms. The van der Waals surface area contributed by atoms with Crippen LogP contribution in [0.15, 0.2) is 61.3 Å². The Morgan fingerprint density at radius 1 is 1.30 bits per heavy atom. The number of halogens is 1. The number of hydrogen-bond donors (Lipinski definition) is 2. The lowest BCUT2D eigenvalue weighted by Crippen LogP contribution is -2.24. The Hall–Kier alpha value is -3.13. The number of aryl methyl sites for hydroxylation is 1. The largest absolute Gasteiger partial charge is 0.507 e. The molecule has 0 bridgehead atoms. The highest BCUT2D eigenvalue weighted by Gasteiger charge is 2.06. The van der Waals surface area contributed by atoms with Crippen LogP contribution in [0.4, 0.5) is 0 Å². The fourth-order valence-corrected chi connectivity index (χ4v) is 2.76. The molecule has 0 aliphatic heterocycles. The SMILES string of the molecule is Cc1cc(=O)oc2cc(OCC(=O)N/N=C/c3cc(Br)ccc3O)ccc12. The van der Waals surface area contributed by atoms with Crippen LogP contribution in [0.5, 0.6) is 11.5 Å². The Morgan fingerprint density at radius 2 is 2.11 bits per heavy atom. The number of hydrazone groups is 1. The summed E-state index contributed by atoms with van der Waals surface area (Å²) in [6.07, 6.45) is 1.32. The van der Waals surface area contributed by atoms with Crippen molar-refractivity contribution >= 4 is 39.0 Å². The molecule has 138 valence electrons. The number of hydrogen-bond acceptors (Lipinski definition) is 6. The van der Waals surface area contributed by atoms with E-state index in [4.69, 9.17) is 9.15 Å². The summed E-state index contributed by atoms with van der Waals surface area (Å²) in [5, 5.41) is 14.3. The summed E-state index contributed by atoms with van der Waals surface area (Å²) >= 11 is 3.29. The molecule has 1 aromatic heterocycles. The maximum atomic E-state index is 11.8. The maximum absolute atomic E-state index is 11.8. The van der Waals surface area contributed by atoms with Crippen LogP contribution in [0.3, 0.4) is 0 Å². The predicted molar refractivity (Wildman–Crippen MR) is 104 cm³/mol. The molecule has 0 saturated heterocycles. The van der Waals surface area contributed by atoms with E-state index in [1.165, 1.54) is 18.3 Å². The number of aromatic hydroxyl groups is 1.